The summed E-state index contributed by atoms with van der Waals surface area (Å²) in [5, 5.41) is 0. The van der Waals surface area contributed by atoms with Crippen molar-refractivity contribution < 1.29 is 19.1 Å². The second-order valence-corrected chi connectivity index (χ2v) is 6.48. The van der Waals surface area contributed by atoms with Crippen molar-refractivity contribution in [1.29, 1.82) is 0 Å². The van der Waals surface area contributed by atoms with Crippen LogP contribution in [0.3, 0.4) is 0 Å². The fourth-order valence-electron chi connectivity index (χ4n) is 2.57. The molecule has 0 aliphatic heterocycles. The van der Waals surface area contributed by atoms with E-state index in [0.717, 1.165) is 56.9 Å². The predicted octanol–water partition coefficient (Wildman–Crippen LogP) is 5.47. The lowest BCUT2D eigenvalue weighted by Crippen LogP contribution is -2.11. The van der Waals surface area contributed by atoms with E-state index in [1.54, 1.807) is 18.2 Å². The molecule has 0 aliphatic rings. The standard InChI is InChI=1S/C21H32O4/c1-4-6-8-10-12-24-20(22)18-14-17(3)15-19(16-18)21(23)25-13-11-9-7-5-2/h14-16H,4-13H2,1-3H3. The zero-order valence-corrected chi connectivity index (χ0v) is 15.9. The summed E-state index contributed by atoms with van der Waals surface area (Å²) in [6, 6.07) is 5.05. The number of rotatable bonds is 12. The smallest absolute Gasteiger partial charge is 0.338 e. The van der Waals surface area contributed by atoms with E-state index >= 15 is 0 Å². The van der Waals surface area contributed by atoms with E-state index in [4.69, 9.17) is 9.47 Å². The Hall–Kier alpha value is -1.84. The van der Waals surface area contributed by atoms with Gasteiger partial charge in [0.2, 0.25) is 0 Å². The minimum atomic E-state index is -0.378. The molecule has 0 aromatic heterocycles. The van der Waals surface area contributed by atoms with Gasteiger partial charge in [0.1, 0.15) is 0 Å². The first-order chi connectivity index (χ1) is 12.1. The molecule has 1 rings (SSSR count). The molecule has 1 aromatic carbocycles. The first-order valence-electron chi connectivity index (χ1n) is 9.54. The Morgan fingerprint density at radius 1 is 0.720 bits per heavy atom. The van der Waals surface area contributed by atoms with Crippen LogP contribution in [0.25, 0.3) is 0 Å². The number of carbonyl (C=O) groups excluding carboxylic acids is 2. The summed E-state index contributed by atoms with van der Waals surface area (Å²) in [4.78, 5) is 24.3. The van der Waals surface area contributed by atoms with Crippen LogP contribution in [0, 0.1) is 6.92 Å². The Morgan fingerprint density at radius 3 is 1.56 bits per heavy atom. The summed E-state index contributed by atoms with van der Waals surface area (Å²) in [6.45, 7) is 6.98. The normalized spacial score (nSPS) is 10.5. The Morgan fingerprint density at radius 2 is 1.16 bits per heavy atom. The second kappa shape index (κ2) is 12.5. The highest BCUT2D eigenvalue weighted by Crippen LogP contribution is 2.13. The molecule has 25 heavy (non-hydrogen) atoms. The summed E-state index contributed by atoms with van der Waals surface area (Å²) in [7, 11) is 0. The average molecular weight is 348 g/mol. The molecule has 4 heteroatoms. The number of esters is 2. The van der Waals surface area contributed by atoms with Crippen molar-refractivity contribution in [3.05, 3.63) is 34.9 Å². The third-order valence-electron chi connectivity index (χ3n) is 4.01. The van der Waals surface area contributed by atoms with E-state index in [1.165, 1.54) is 0 Å². The van der Waals surface area contributed by atoms with Gasteiger partial charge in [-0.2, -0.15) is 0 Å². The predicted molar refractivity (Wildman–Crippen MR) is 100 cm³/mol. The number of unbranched alkanes of at least 4 members (excludes halogenated alkanes) is 6. The van der Waals surface area contributed by atoms with Crippen LogP contribution in [0.2, 0.25) is 0 Å². The van der Waals surface area contributed by atoms with Crippen LogP contribution in [0.1, 0.15) is 91.5 Å². The largest absolute Gasteiger partial charge is 0.462 e. The maximum atomic E-state index is 12.2. The van der Waals surface area contributed by atoms with Crippen LogP contribution < -0.4 is 0 Å². The molecule has 0 amide bonds. The molecule has 0 radical (unpaired) electrons. The van der Waals surface area contributed by atoms with E-state index in [9.17, 15) is 9.59 Å². The van der Waals surface area contributed by atoms with Crippen LogP contribution in [0.15, 0.2) is 18.2 Å². The Bertz CT molecular complexity index is 492. The molecule has 140 valence electrons. The molecular formula is C21H32O4. The van der Waals surface area contributed by atoms with Crippen LogP contribution in [0.4, 0.5) is 0 Å². The molecule has 0 N–H and O–H groups in total. The number of ether oxygens (including phenoxy) is 2. The van der Waals surface area contributed by atoms with Crippen molar-refractivity contribution in [2.45, 2.75) is 72.1 Å². The lowest BCUT2D eigenvalue weighted by molar-refractivity contribution is 0.0496. The van der Waals surface area contributed by atoms with Crippen LogP contribution in [-0.4, -0.2) is 25.2 Å². The van der Waals surface area contributed by atoms with Crippen molar-refractivity contribution in [2.75, 3.05) is 13.2 Å². The fourth-order valence-corrected chi connectivity index (χ4v) is 2.57. The highest BCUT2D eigenvalue weighted by Gasteiger charge is 2.14. The SMILES string of the molecule is CCCCCCOC(=O)c1cc(C)cc(C(=O)OCCCCCC)c1. The first kappa shape index (κ1) is 21.2. The molecular weight excluding hydrogens is 316 g/mol. The van der Waals surface area contributed by atoms with E-state index in [0.29, 0.717) is 24.3 Å². The monoisotopic (exact) mass is 348 g/mol. The lowest BCUT2D eigenvalue weighted by Gasteiger charge is -2.09. The van der Waals surface area contributed by atoms with Gasteiger partial charge in [-0.3, -0.25) is 0 Å². The van der Waals surface area contributed by atoms with Gasteiger partial charge < -0.3 is 9.47 Å². The Balaban J connectivity index is 2.53. The van der Waals surface area contributed by atoms with Crippen LogP contribution in [0.5, 0.6) is 0 Å². The summed E-state index contributed by atoms with van der Waals surface area (Å²) < 4.78 is 10.6. The van der Waals surface area contributed by atoms with Gasteiger partial charge in [-0.25, -0.2) is 9.59 Å². The lowest BCUT2D eigenvalue weighted by atomic mass is 10.1. The highest BCUT2D eigenvalue weighted by molar-refractivity contribution is 5.95. The molecule has 0 heterocycles. The fraction of sp³-hybridized carbons (Fsp3) is 0.619. The molecule has 0 unspecified atom stereocenters. The zero-order valence-electron chi connectivity index (χ0n) is 15.9. The Labute approximate surface area is 151 Å². The van der Waals surface area contributed by atoms with Gasteiger partial charge in [0.15, 0.2) is 0 Å². The number of aryl methyl sites for hydroxylation is 1. The molecule has 0 spiro atoms. The van der Waals surface area contributed by atoms with Crippen LogP contribution >= 0.6 is 0 Å². The third-order valence-corrected chi connectivity index (χ3v) is 4.01. The van der Waals surface area contributed by atoms with Crippen molar-refractivity contribution in [2.24, 2.45) is 0 Å². The van der Waals surface area contributed by atoms with E-state index in [2.05, 4.69) is 13.8 Å². The molecule has 0 fully saturated rings. The minimum Gasteiger partial charge on any atom is -0.462 e. The molecule has 0 aliphatic carbocycles. The molecule has 1 aromatic rings. The number of hydrogen-bond acceptors (Lipinski definition) is 4. The highest BCUT2D eigenvalue weighted by atomic mass is 16.5. The van der Waals surface area contributed by atoms with Gasteiger partial charge in [0.05, 0.1) is 24.3 Å². The molecule has 0 saturated heterocycles. The van der Waals surface area contributed by atoms with E-state index < -0.39 is 0 Å². The summed E-state index contributed by atoms with van der Waals surface area (Å²) in [5.41, 5.74) is 1.67. The maximum absolute atomic E-state index is 12.2. The quantitative estimate of drug-likeness (QED) is 0.371. The molecule has 4 nitrogen and oxygen atoms in total. The average Bonchev–Trinajstić information content (AvgIpc) is 2.60. The van der Waals surface area contributed by atoms with Gasteiger partial charge in [0, 0.05) is 0 Å². The number of hydrogen-bond donors (Lipinski definition) is 0. The second-order valence-electron chi connectivity index (χ2n) is 6.48. The van der Waals surface area contributed by atoms with Crippen molar-refractivity contribution >= 4 is 11.9 Å². The van der Waals surface area contributed by atoms with Crippen LogP contribution in [-0.2, 0) is 9.47 Å². The third kappa shape index (κ3) is 8.71. The zero-order chi connectivity index (χ0) is 18.5. The maximum Gasteiger partial charge on any atom is 0.338 e. The van der Waals surface area contributed by atoms with Gasteiger partial charge in [0.25, 0.3) is 0 Å². The number of carbonyl (C=O) groups is 2. The summed E-state index contributed by atoms with van der Waals surface area (Å²) in [5.74, 6) is -0.755. The van der Waals surface area contributed by atoms with Gasteiger partial charge >= 0.3 is 11.9 Å². The first-order valence-corrected chi connectivity index (χ1v) is 9.54. The summed E-state index contributed by atoms with van der Waals surface area (Å²) >= 11 is 0. The van der Waals surface area contributed by atoms with Gasteiger partial charge in [-0.15, -0.1) is 0 Å². The topological polar surface area (TPSA) is 52.6 Å². The Kier molecular flexibility index (Phi) is 10.6. The molecule has 0 bridgehead atoms. The van der Waals surface area contributed by atoms with Gasteiger partial charge in [-0.1, -0.05) is 52.4 Å². The van der Waals surface area contributed by atoms with Crippen molar-refractivity contribution in [3.63, 3.8) is 0 Å². The molecule has 0 atom stereocenters. The minimum absolute atomic E-state index is 0.378. The van der Waals surface area contributed by atoms with Gasteiger partial charge in [-0.05, 0) is 43.5 Å². The van der Waals surface area contributed by atoms with Crippen molar-refractivity contribution in [3.8, 4) is 0 Å². The summed E-state index contributed by atoms with van der Waals surface area (Å²) in [6.07, 6.45) is 8.47. The van der Waals surface area contributed by atoms with E-state index in [1.807, 2.05) is 6.92 Å². The van der Waals surface area contributed by atoms with Crippen molar-refractivity contribution in [1.82, 2.24) is 0 Å². The van der Waals surface area contributed by atoms with E-state index in [-0.39, 0.29) is 11.9 Å². The number of benzene rings is 1. The molecule has 0 saturated carbocycles.